The number of esters is 1. The number of imidazole rings is 1. The molecular weight excluding hydrogens is 650 g/mol. The lowest BCUT2D eigenvalue weighted by molar-refractivity contribution is -0.155. The number of ether oxygens (including phenoxy) is 6. The van der Waals surface area contributed by atoms with Crippen molar-refractivity contribution in [2.75, 3.05) is 33.2 Å². The van der Waals surface area contributed by atoms with Crippen LogP contribution in [0.5, 0.6) is 17.2 Å². The van der Waals surface area contributed by atoms with Crippen molar-refractivity contribution in [3.05, 3.63) is 139 Å². The SMILES string of the molecule is COc1ccc(C(O[C@@H]2C[C@H](n3cnc4c(N)ncnc43)O[C@H]2COC(=O)COc2ccccc2)(c2ccccc2)c2ccc(OC)cc2)cc1. The Bertz CT molecular complexity index is 2010. The third-order valence-corrected chi connectivity index (χ3v) is 8.89. The van der Waals surface area contributed by atoms with Crippen molar-refractivity contribution in [2.24, 2.45) is 0 Å². The molecule has 6 aromatic rings. The molecule has 12 heteroatoms. The summed E-state index contributed by atoms with van der Waals surface area (Å²) in [4.78, 5) is 25.9. The van der Waals surface area contributed by atoms with Crippen LogP contribution >= 0.6 is 0 Å². The van der Waals surface area contributed by atoms with E-state index in [1.165, 1.54) is 6.33 Å². The summed E-state index contributed by atoms with van der Waals surface area (Å²) in [6.07, 6.45) is 1.47. The van der Waals surface area contributed by atoms with Gasteiger partial charge in [0.25, 0.3) is 0 Å². The highest BCUT2D eigenvalue weighted by molar-refractivity contribution is 5.81. The second kappa shape index (κ2) is 14.9. The highest BCUT2D eigenvalue weighted by Gasteiger charge is 2.47. The molecule has 0 unspecified atom stereocenters. The number of carbonyl (C=O) groups is 1. The minimum atomic E-state index is -1.15. The number of nitrogen functional groups attached to an aromatic ring is 1. The Morgan fingerprint density at radius 2 is 1.41 bits per heavy atom. The van der Waals surface area contributed by atoms with Crippen molar-refractivity contribution in [3.8, 4) is 17.2 Å². The van der Waals surface area contributed by atoms with E-state index in [0.29, 0.717) is 34.8 Å². The number of carbonyl (C=O) groups excluding carboxylic acids is 1. The zero-order chi connectivity index (χ0) is 35.2. The molecule has 12 nitrogen and oxygen atoms in total. The van der Waals surface area contributed by atoms with Crippen LogP contribution in [-0.2, 0) is 24.6 Å². The van der Waals surface area contributed by atoms with Crippen LogP contribution < -0.4 is 19.9 Å². The van der Waals surface area contributed by atoms with Crippen molar-refractivity contribution in [3.63, 3.8) is 0 Å². The number of anilines is 1. The fraction of sp³-hybridized carbons (Fsp3) is 0.231. The van der Waals surface area contributed by atoms with Gasteiger partial charge in [0, 0.05) is 6.42 Å². The summed E-state index contributed by atoms with van der Waals surface area (Å²) in [7, 11) is 3.26. The molecule has 0 spiro atoms. The van der Waals surface area contributed by atoms with E-state index in [0.717, 1.165) is 16.7 Å². The Labute approximate surface area is 294 Å². The molecule has 1 aliphatic rings. The average molecular weight is 688 g/mol. The van der Waals surface area contributed by atoms with Crippen LogP contribution in [0, 0.1) is 0 Å². The number of nitrogens with two attached hydrogens (primary N) is 1. The van der Waals surface area contributed by atoms with Gasteiger partial charge in [0.2, 0.25) is 0 Å². The summed E-state index contributed by atoms with van der Waals surface area (Å²) in [5.41, 5.74) is 8.52. The number of para-hydroxylation sites is 1. The molecular formula is C39H37N5O7. The topological polar surface area (TPSA) is 142 Å². The van der Waals surface area contributed by atoms with E-state index in [4.69, 9.17) is 34.2 Å². The Morgan fingerprint density at radius 1 is 0.804 bits per heavy atom. The van der Waals surface area contributed by atoms with Gasteiger partial charge in [0.1, 0.15) is 53.6 Å². The maximum absolute atomic E-state index is 13.0. The molecule has 1 saturated heterocycles. The fourth-order valence-electron chi connectivity index (χ4n) is 6.36. The zero-order valence-electron chi connectivity index (χ0n) is 28.1. The van der Waals surface area contributed by atoms with Crippen molar-refractivity contribution >= 4 is 23.0 Å². The van der Waals surface area contributed by atoms with Crippen LogP contribution in [0.25, 0.3) is 11.2 Å². The van der Waals surface area contributed by atoms with Crippen LogP contribution in [0.2, 0.25) is 0 Å². The molecule has 0 saturated carbocycles. The minimum Gasteiger partial charge on any atom is -0.497 e. The quantitative estimate of drug-likeness (QED) is 0.118. The molecule has 7 rings (SSSR count). The van der Waals surface area contributed by atoms with Gasteiger partial charge >= 0.3 is 5.97 Å². The number of nitrogens with zero attached hydrogens (tertiary/aromatic N) is 4. The Kier molecular flexibility index (Phi) is 9.77. The molecule has 2 N–H and O–H groups in total. The van der Waals surface area contributed by atoms with E-state index in [2.05, 4.69) is 15.0 Å². The number of rotatable bonds is 13. The Balaban J connectivity index is 1.27. The number of hydrogen-bond donors (Lipinski definition) is 1. The van der Waals surface area contributed by atoms with Gasteiger partial charge in [0.05, 0.1) is 26.7 Å². The summed E-state index contributed by atoms with van der Waals surface area (Å²) in [6.45, 7) is -0.363. The summed E-state index contributed by atoms with van der Waals surface area (Å²) in [6, 6.07) is 34.6. The third kappa shape index (κ3) is 6.91. The van der Waals surface area contributed by atoms with Crippen molar-refractivity contribution in [2.45, 2.75) is 30.5 Å². The van der Waals surface area contributed by atoms with Crippen molar-refractivity contribution < 1.29 is 33.2 Å². The molecule has 0 radical (unpaired) electrons. The molecule has 1 fully saturated rings. The van der Waals surface area contributed by atoms with Gasteiger partial charge in [-0.1, -0.05) is 72.8 Å². The summed E-state index contributed by atoms with van der Waals surface area (Å²) >= 11 is 0. The first-order valence-corrected chi connectivity index (χ1v) is 16.4. The number of hydrogen-bond acceptors (Lipinski definition) is 11. The lowest BCUT2D eigenvalue weighted by Crippen LogP contribution is -2.41. The van der Waals surface area contributed by atoms with Gasteiger partial charge < -0.3 is 34.2 Å². The third-order valence-electron chi connectivity index (χ3n) is 8.89. The molecule has 3 heterocycles. The van der Waals surface area contributed by atoms with E-state index < -0.39 is 30.0 Å². The largest absolute Gasteiger partial charge is 0.497 e. The molecule has 2 aromatic heterocycles. The first-order valence-electron chi connectivity index (χ1n) is 16.4. The van der Waals surface area contributed by atoms with Gasteiger partial charge in [-0.05, 0) is 53.1 Å². The molecule has 0 amide bonds. The minimum absolute atomic E-state index is 0.0992. The standard InChI is InChI=1S/C39H37N5O7/c1-46-29-17-13-27(14-18-29)39(26-9-5-3-6-10-26,28-15-19-30(47-2)20-16-28)51-32-21-34(44-25-43-36-37(40)41-24-42-38(36)44)50-33(32)22-49-35(45)23-48-31-11-7-4-8-12-31/h3-20,24-25,32-34H,21-23H2,1-2H3,(H2,40,41,42)/t32-,33+,34-/m1/s1. The molecule has 51 heavy (non-hydrogen) atoms. The predicted octanol–water partition coefficient (Wildman–Crippen LogP) is 5.71. The van der Waals surface area contributed by atoms with Crippen LogP contribution in [0.15, 0.2) is 122 Å². The Morgan fingerprint density at radius 3 is 2.04 bits per heavy atom. The smallest absolute Gasteiger partial charge is 0.344 e. The lowest BCUT2D eigenvalue weighted by atomic mass is 9.79. The lowest BCUT2D eigenvalue weighted by Gasteiger charge is -2.39. The zero-order valence-corrected chi connectivity index (χ0v) is 28.1. The van der Waals surface area contributed by atoms with E-state index in [9.17, 15) is 4.79 Å². The van der Waals surface area contributed by atoms with E-state index in [1.807, 2.05) is 97.1 Å². The van der Waals surface area contributed by atoms with Crippen molar-refractivity contribution in [1.29, 1.82) is 0 Å². The molecule has 0 aliphatic carbocycles. The fourth-order valence-corrected chi connectivity index (χ4v) is 6.36. The van der Waals surface area contributed by atoms with Crippen LogP contribution in [-0.4, -0.2) is 65.1 Å². The van der Waals surface area contributed by atoms with Crippen molar-refractivity contribution in [1.82, 2.24) is 19.5 Å². The van der Waals surface area contributed by atoms with Crippen LogP contribution in [0.3, 0.4) is 0 Å². The average Bonchev–Trinajstić information content (AvgIpc) is 3.81. The number of benzene rings is 4. The highest BCUT2D eigenvalue weighted by atomic mass is 16.6. The first-order chi connectivity index (χ1) is 25.0. The Hall–Kier alpha value is -5.98. The number of aromatic nitrogens is 4. The van der Waals surface area contributed by atoms with Crippen LogP contribution in [0.4, 0.5) is 5.82 Å². The molecule has 4 aromatic carbocycles. The van der Waals surface area contributed by atoms with E-state index >= 15 is 0 Å². The van der Waals surface area contributed by atoms with Gasteiger partial charge in [-0.15, -0.1) is 0 Å². The number of methoxy groups -OCH3 is 2. The van der Waals surface area contributed by atoms with Gasteiger partial charge in [-0.3, -0.25) is 4.57 Å². The first kappa shape index (κ1) is 33.5. The number of fused-ring (bicyclic) bond motifs is 1. The summed E-state index contributed by atoms with van der Waals surface area (Å²) in [5.74, 6) is 1.69. The normalized spacial score (nSPS) is 17.3. The summed E-state index contributed by atoms with van der Waals surface area (Å²) < 4.78 is 38.3. The predicted molar refractivity (Wildman–Crippen MR) is 188 cm³/mol. The molecule has 0 bridgehead atoms. The van der Waals surface area contributed by atoms with E-state index in [-0.39, 0.29) is 19.0 Å². The molecule has 3 atom stereocenters. The molecule has 1 aliphatic heterocycles. The van der Waals surface area contributed by atoms with E-state index in [1.54, 1.807) is 37.2 Å². The van der Waals surface area contributed by atoms with Gasteiger partial charge in [-0.2, -0.15) is 0 Å². The van der Waals surface area contributed by atoms with Crippen LogP contribution in [0.1, 0.15) is 29.3 Å². The maximum atomic E-state index is 13.0. The molecule has 260 valence electrons. The van der Waals surface area contributed by atoms with Gasteiger partial charge in [-0.25, -0.2) is 19.7 Å². The second-order valence-electron chi connectivity index (χ2n) is 11.9. The monoisotopic (exact) mass is 687 g/mol. The summed E-state index contributed by atoms with van der Waals surface area (Å²) in [5, 5.41) is 0. The highest BCUT2D eigenvalue weighted by Crippen LogP contribution is 2.46. The second-order valence-corrected chi connectivity index (χ2v) is 11.9. The van der Waals surface area contributed by atoms with Gasteiger partial charge in [0.15, 0.2) is 18.1 Å². The maximum Gasteiger partial charge on any atom is 0.344 e.